The quantitative estimate of drug-likeness (QED) is 0.589. The summed E-state index contributed by atoms with van der Waals surface area (Å²) in [5.41, 5.74) is 4.35. The summed E-state index contributed by atoms with van der Waals surface area (Å²) < 4.78 is 0. The van der Waals surface area contributed by atoms with Crippen molar-refractivity contribution in [3.63, 3.8) is 0 Å². The van der Waals surface area contributed by atoms with Crippen molar-refractivity contribution in [2.24, 2.45) is 0 Å². The summed E-state index contributed by atoms with van der Waals surface area (Å²) in [7, 11) is 0. The van der Waals surface area contributed by atoms with Crippen LogP contribution in [0.1, 0.15) is 25.3 Å². The third-order valence-electron chi connectivity index (χ3n) is 3.97. The minimum absolute atomic E-state index is 0.292. The van der Waals surface area contributed by atoms with Gasteiger partial charge >= 0.3 is 6.03 Å². The highest BCUT2D eigenvalue weighted by molar-refractivity contribution is 6.01. The van der Waals surface area contributed by atoms with Crippen molar-refractivity contribution in [3.05, 3.63) is 66.4 Å². The third-order valence-corrected chi connectivity index (χ3v) is 3.97. The number of aryl methyl sites for hydroxylation is 1. The van der Waals surface area contributed by atoms with E-state index in [4.69, 9.17) is 0 Å². The zero-order chi connectivity index (χ0) is 17.5. The fraction of sp³-hybridized carbons (Fsp3) is 0.200. The second-order valence-electron chi connectivity index (χ2n) is 5.89. The number of H-pyrrole nitrogens is 1. The summed E-state index contributed by atoms with van der Waals surface area (Å²) in [5, 5.41) is 12.7. The van der Waals surface area contributed by atoms with Crippen LogP contribution in [0.25, 0.3) is 11.3 Å². The summed E-state index contributed by atoms with van der Waals surface area (Å²) in [5.74, 6) is 0. The second kappa shape index (κ2) is 8.15. The number of urea groups is 1. The number of rotatable bonds is 6. The van der Waals surface area contributed by atoms with Crippen LogP contribution in [-0.4, -0.2) is 16.2 Å². The van der Waals surface area contributed by atoms with Crippen molar-refractivity contribution in [1.82, 2.24) is 10.2 Å². The normalized spacial score (nSPS) is 10.4. The van der Waals surface area contributed by atoms with Crippen LogP contribution in [-0.2, 0) is 6.42 Å². The van der Waals surface area contributed by atoms with Crippen LogP contribution in [0.2, 0.25) is 0 Å². The average molecular weight is 334 g/mol. The third kappa shape index (κ3) is 4.47. The molecule has 0 bridgehead atoms. The van der Waals surface area contributed by atoms with Crippen LogP contribution < -0.4 is 10.6 Å². The van der Waals surface area contributed by atoms with E-state index >= 15 is 0 Å². The van der Waals surface area contributed by atoms with Gasteiger partial charge in [-0.1, -0.05) is 55.8 Å². The SMILES string of the molecule is CCCCc1ccc(NC(=O)Nc2c[nH]nc2-c2ccccc2)cc1. The Morgan fingerprint density at radius 1 is 1.04 bits per heavy atom. The number of aromatic nitrogens is 2. The number of benzene rings is 2. The van der Waals surface area contributed by atoms with Crippen molar-refractivity contribution in [2.45, 2.75) is 26.2 Å². The van der Waals surface area contributed by atoms with Crippen LogP contribution in [0.3, 0.4) is 0 Å². The Morgan fingerprint density at radius 3 is 2.52 bits per heavy atom. The van der Waals surface area contributed by atoms with Gasteiger partial charge in [-0.15, -0.1) is 0 Å². The molecule has 5 heteroatoms. The molecule has 0 radical (unpaired) electrons. The van der Waals surface area contributed by atoms with Crippen LogP contribution in [0.5, 0.6) is 0 Å². The van der Waals surface area contributed by atoms with E-state index in [-0.39, 0.29) is 6.03 Å². The summed E-state index contributed by atoms with van der Waals surface area (Å²) >= 11 is 0. The van der Waals surface area contributed by atoms with Crippen LogP contribution in [0.4, 0.5) is 16.2 Å². The predicted molar refractivity (Wildman–Crippen MR) is 102 cm³/mol. The van der Waals surface area contributed by atoms with Crippen LogP contribution in [0.15, 0.2) is 60.8 Å². The number of nitrogens with one attached hydrogen (secondary N) is 3. The number of amides is 2. The van der Waals surface area contributed by atoms with Crippen LogP contribution >= 0.6 is 0 Å². The Morgan fingerprint density at radius 2 is 1.80 bits per heavy atom. The molecule has 25 heavy (non-hydrogen) atoms. The first kappa shape index (κ1) is 16.8. The largest absolute Gasteiger partial charge is 0.323 e. The molecule has 0 aliphatic heterocycles. The lowest BCUT2D eigenvalue weighted by molar-refractivity contribution is 0.262. The second-order valence-corrected chi connectivity index (χ2v) is 5.89. The number of hydrogen-bond donors (Lipinski definition) is 3. The van der Waals surface area contributed by atoms with Gasteiger partial charge in [-0.25, -0.2) is 4.79 Å². The topological polar surface area (TPSA) is 69.8 Å². The molecule has 0 saturated heterocycles. The van der Waals surface area contributed by atoms with E-state index < -0.39 is 0 Å². The number of carbonyl (C=O) groups excluding carboxylic acids is 1. The maximum absolute atomic E-state index is 12.3. The lowest BCUT2D eigenvalue weighted by Crippen LogP contribution is -2.19. The molecule has 2 aromatic carbocycles. The van der Waals surface area contributed by atoms with E-state index in [9.17, 15) is 4.79 Å². The maximum atomic E-state index is 12.3. The Hall–Kier alpha value is -3.08. The molecule has 3 aromatic rings. The molecule has 0 unspecified atom stereocenters. The molecule has 5 nitrogen and oxygen atoms in total. The molecule has 0 fully saturated rings. The molecular weight excluding hydrogens is 312 g/mol. The minimum Gasteiger partial charge on any atom is -0.308 e. The van der Waals surface area contributed by atoms with Gasteiger partial charge in [0.1, 0.15) is 5.69 Å². The lowest BCUT2D eigenvalue weighted by atomic mass is 10.1. The van der Waals surface area contributed by atoms with Gasteiger partial charge in [0.05, 0.1) is 5.69 Å². The molecule has 0 atom stereocenters. The van der Waals surface area contributed by atoms with E-state index in [1.165, 1.54) is 18.4 Å². The monoisotopic (exact) mass is 334 g/mol. The van der Waals surface area contributed by atoms with Crippen molar-refractivity contribution >= 4 is 17.4 Å². The van der Waals surface area contributed by atoms with Crippen molar-refractivity contribution in [1.29, 1.82) is 0 Å². The first-order chi connectivity index (χ1) is 12.3. The Bertz CT molecular complexity index is 809. The fourth-order valence-corrected chi connectivity index (χ4v) is 2.62. The minimum atomic E-state index is -0.292. The highest BCUT2D eigenvalue weighted by atomic mass is 16.2. The van der Waals surface area contributed by atoms with E-state index in [2.05, 4.69) is 39.9 Å². The molecule has 3 N–H and O–H groups in total. The van der Waals surface area contributed by atoms with Crippen molar-refractivity contribution in [3.8, 4) is 11.3 Å². The molecule has 3 rings (SSSR count). The fourth-order valence-electron chi connectivity index (χ4n) is 2.62. The van der Waals surface area contributed by atoms with Gasteiger partial charge in [-0.3, -0.25) is 5.10 Å². The maximum Gasteiger partial charge on any atom is 0.323 e. The first-order valence-corrected chi connectivity index (χ1v) is 8.52. The Kier molecular flexibility index (Phi) is 5.46. The number of nitrogens with zero attached hydrogens (tertiary/aromatic N) is 1. The van der Waals surface area contributed by atoms with E-state index in [0.29, 0.717) is 11.4 Å². The zero-order valence-corrected chi connectivity index (χ0v) is 14.3. The Balaban J connectivity index is 1.63. The van der Waals surface area contributed by atoms with Crippen molar-refractivity contribution in [2.75, 3.05) is 10.6 Å². The zero-order valence-electron chi connectivity index (χ0n) is 14.3. The van der Waals surface area contributed by atoms with Gasteiger partial charge in [0.25, 0.3) is 0 Å². The van der Waals surface area contributed by atoms with E-state index in [1.54, 1.807) is 6.20 Å². The molecule has 1 heterocycles. The smallest absolute Gasteiger partial charge is 0.308 e. The number of anilines is 2. The standard InChI is InChI=1S/C20H22N4O/c1-2-3-7-15-10-12-17(13-11-15)22-20(25)23-18-14-21-24-19(18)16-8-5-4-6-9-16/h4-6,8-14H,2-3,7H2,1H3,(H,21,24)(H2,22,23,25). The van der Waals surface area contributed by atoms with Gasteiger partial charge in [0.2, 0.25) is 0 Å². The number of hydrogen-bond acceptors (Lipinski definition) is 2. The lowest BCUT2D eigenvalue weighted by Gasteiger charge is -2.08. The van der Waals surface area contributed by atoms with Gasteiger partial charge < -0.3 is 10.6 Å². The average Bonchev–Trinajstić information content (AvgIpc) is 3.10. The van der Waals surface area contributed by atoms with Crippen molar-refractivity contribution < 1.29 is 4.79 Å². The van der Waals surface area contributed by atoms with Crippen LogP contribution in [0, 0.1) is 0 Å². The van der Waals surface area contributed by atoms with Gasteiger partial charge in [0.15, 0.2) is 0 Å². The Labute approximate surface area is 147 Å². The number of unbranched alkanes of at least 4 members (excludes halogenated alkanes) is 1. The first-order valence-electron chi connectivity index (χ1n) is 8.52. The molecule has 1 aromatic heterocycles. The highest BCUT2D eigenvalue weighted by Gasteiger charge is 2.11. The molecule has 128 valence electrons. The molecular formula is C20H22N4O. The van der Waals surface area contributed by atoms with Gasteiger partial charge in [-0.2, -0.15) is 5.10 Å². The summed E-state index contributed by atoms with van der Waals surface area (Å²) in [6.45, 7) is 2.18. The van der Waals surface area contributed by atoms with Gasteiger partial charge in [0, 0.05) is 17.4 Å². The molecule has 2 amide bonds. The summed E-state index contributed by atoms with van der Waals surface area (Å²) in [4.78, 5) is 12.3. The summed E-state index contributed by atoms with van der Waals surface area (Å²) in [6, 6.07) is 17.4. The number of carbonyl (C=O) groups is 1. The predicted octanol–water partition coefficient (Wildman–Crippen LogP) is 5.06. The molecule has 0 saturated carbocycles. The summed E-state index contributed by atoms with van der Waals surface area (Å²) in [6.07, 6.45) is 5.10. The van der Waals surface area contributed by atoms with E-state index in [0.717, 1.165) is 17.7 Å². The number of aromatic amines is 1. The van der Waals surface area contributed by atoms with Gasteiger partial charge in [-0.05, 0) is 30.5 Å². The molecule has 0 spiro atoms. The highest BCUT2D eigenvalue weighted by Crippen LogP contribution is 2.25. The molecule has 0 aliphatic rings. The molecule has 0 aliphatic carbocycles. The van der Waals surface area contributed by atoms with E-state index in [1.807, 2.05) is 42.5 Å².